The lowest BCUT2D eigenvalue weighted by atomic mass is 9.98. The largest absolute Gasteiger partial charge is 0.523 e. The standard InChI is InChI=1S/C17H31F3O5S/c1-5-10-23-12-16(13-25-26(21,22)17(18,19)20)24-11-9-15(4)8-6-7-14(2)3/h5,14-16H,1,6-13H2,2-4H3/t15-,16-/m1/s1. The Morgan fingerprint density at radius 3 is 2.27 bits per heavy atom. The van der Waals surface area contributed by atoms with Crippen LogP contribution < -0.4 is 0 Å². The van der Waals surface area contributed by atoms with Crippen LogP contribution in [-0.4, -0.2) is 46.5 Å². The van der Waals surface area contributed by atoms with E-state index < -0.39 is 28.3 Å². The van der Waals surface area contributed by atoms with Gasteiger partial charge in [-0.1, -0.05) is 46.1 Å². The fraction of sp³-hybridized carbons (Fsp3) is 0.882. The van der Waals surface area contributed by atoms with Crippen LogP contribution in [-0.2, 0) is 23.8 Å². The number of ether oxygens (including phenoxy) is 2. The molecule has 0 amide bonds. The SMILES string of the molecule is C=CCOC[C@H](COS(=O)(=O)C(F)(F)F)OCC[C@H](C)CCCC(C)C. The van der Waals surface area contributed by atoms with E-state index in [0.29, 0.717) is 18.4 Å². The average molecular weight is 404 g/mol. The fourth-order valence-electron chi connectivity index (χ4n) is 2.11. The lowest BCUT2D eigenvalue weighted by molar-refractivity contribution is -0.0654. The van der Waals surface area contributed by atoms with Crippen LogP contribution >= 0.6 is 0 Å². The van der Waals surface area contributed by atoms with E-state index in [4.69, 9.17) is 9.47 Å². The lowest BCUT2D eigenvalue weighted by Crippen LogP contribution is -2.32. The number of rotatable bonds is 15. The molecule has 156 valence electrons. The van der Waals surface area contributed by atoms with Crippen LogP contribution in [0, 0.1) is 11.8 Å². The maximum absolute atomic E-state index is 12.3. The maximum atomic E-state index is 12.3. The molecular formula is C17H31F3O5S. The average Bonchev–Trinajstić information content (AvgIpc) is 2.50. The van der Waals surface area contributed by atoms with Crippen molar-refractivity contribution in [2.24, 2.45) is 11.8 Å². The molecule has 0 aromatic heterocycles. The zero-order valence-electron chi connectivity index (χ0n) is 15.8. The van der Waals surface area contributed by atoms with Crippen LogP contribution in [0.3, 0.4) is 0 Å². The predicted octanol–water partition coefficient (Wildman–Crippen LogP) is 4.29. The minimum Gasteiger partial charge on any atom is -0.375 e. The van der Waals surface area contributed by atoms with Gasteiger partial charge in [-0.15, -0.1) is 6.58 Å². The van der Waals surface area contributed by atoms with Gasteiger partial charge in [-0.2, -0.15) is 21.6 Å². The van der Waals surface area contributed by atoms with Gasteiger partial charge in [-0.05, 0) is 18.3 Å². The third-order valence-corrected chi connectivity index (χ3v) is 4.69. The second kappa shape index (κ2) is 12.7. The summed E-state index contributed by atoms with van der Waals surface area (Å²) in [4.78, 5) is 0. The highest BCUT2D eigenvalue weighted by atomic mass is 32.2. The van der Waals surface area contributed by atoms with E-state index in [1.54, 1.807) is 0 Å². The van der Waals surface area contributed by atoms with Gasteiger partial charge in [0, 0.05) is 6.61 Å². The zero-order valence-corrected chi connectivity index (χ0v) is 16.6. The summed E-state index contributed by atoms with van der Waals surface area (Å²) in [6, 6.07) is 0. The van der Waals surface area contributed by atoms with Crippen molar-refractivity contribution >= 4 is 10.1 Å². The highest BCUT2D eigenvalue weighted by Gasteiger charge is 2.47. The molecule has 0 radical (unpaired) electrons. The summed E-state index contributed by atoms with van der Waals surface area (Å²) < 4.78 is 73.6. The Morgan fingerprint density at radius 1 is 1.08 bits per heavy atom. The second-order valence-corrected chi connectivity index (χ2v) is 8.33. The Morgan fingerprint density at radius 2 is 1.73 bits per heavy atom. The molecule has 0 N–H and O–H groups in total. The van der Waals surface area contributed by atoms with Crippen molar-refractivity contribution in [2.75, 3.05) is 26.4 Å². The topological polar surface area (TPSA) is 61.8 Å². The molecule has 0 aliphatic carbocycles. The first kappa shape index (κ1) is 25.4. The van der Waals surface area contributed by atoms with Crippen molar-refractivity contribution in [3.63, 3.8) is 0 Å². The molecule has 0 unspecified atom stereocenters. The minimum absolute atomic E-state index is 0.0822. The lowest BCUT2D eigenvalue weighted by Gasteiger charge is -2.19. The molecule has 2 atom stereocenters. The van der Waals surface area contributed by atoms with Crippen molar-refractivity contribution in [2.45, 2.75) is 58.1 Å². The summed E-state index contributed by atoms with van der Waals surface area (Å²) >= 11 is 0. The van der Waals surface area contributed by atoms with Gasteiger partial charge in [0.15, 0.2) is 0 Å². The van der Waals surface area contributed by atoms with Crippen molar-refractivity contribution in [1.82, 2.24) is 0 Å². The molecule has 5 nitrogen and oxygen atoms in total. The molecule has 0 bridgehead atoms. The number of hydrogen-bond acceptors (Lipinski definition) is 5. The Bertz CT molecular complexity index is 477. The zero-order chi connectivity index (χ0) is 20.2. The van der Waals surface area contributed by atoms with Crippen LogP contribution in [0.1, 0.15) is 46.5 Å². The molecule has 0 spiro atoms. The van der Waals surface area contributed by atoms with Gasteiger partial charge in [0.2, 0.25) is 0 Å². The van der Waals surface area contributed by atoms with E-state index in [2.05, 4.69) is 31.5 Å². The van der Waals surface area contributed by atoms with E-state index in [-0.39, 0.29) is 13.2 Å². The number of halogens is 3. The summed E-state index contributed by atoms with van der Waals surface area (Å²) in [6.07, 6.45) is 4.58. The Kier molecular flexibility index (Phi) is 12.4. The molecule has 0 aromatic carbocycles. The highest BCUT2D eigenvalue weighted by Crippen LogP contribution is 2.25. The van der Waals surface area contributed by atoms with Gasteiger partial charge >= 0.3 is 15.6 Å². The van der Waals surface area contributed by atoms with E-state index in [9.17, 15) is 21.6 Å². The molecule has 0 aromatic rings. The third kappa shape index (κ3) is 11.9. The van der Waals surface area contributed by atoms with Gasteiger partial charge in [0.05, 0.1) is 19.8 Å². The Labute approximate surface area is 155 Å². The van der Waals surface area contributed by atoms with Gasteiger partial charge in [-0.25, -0.2) is 0 Å². The Hall–Kier alpha value is -0.640. The summed E-state index contributed by atoms with van der Waals surface area (Å²) in [5, 5.41) is 0. The highest BCUT2D eigenvalue weighted by molar-refractivity contribution is 7.87. The quantitative estimate of drug-likeness (QED) is 0.176. The van der Waals surface area contributed by atoms with E-state index in [0.717, 1.165) is 25.7 Å². The first-order valence-corrected chi connectivity index (χ1v) is 10.2. The van der Waals surface area contributed by atoms with Crippen LogP contribution in [0.4, 0.5) is 13.2 Å². The minimum atomic E-state index is -5.64. The van der Waals surface area contributed by atoms with Gasteiger partial charge in [0.1, 0.15) is 6.10 Å². The Balaban J connectivity index is 4.36. The molecule has 0 fully saturated rings. The molecule has 0 rings (SSSR count). The predicted molar refractivity (Wildman–Crippen MR) is 94.2 cm³/mol. The molecule has 0 saturated carbocycles. The van der Waals surface area contributed by atoms with Gasteiger partial charge in [-0.3, -0.25) is 4.18 Å². The van der Waals surface area contributed by atoms with Crippen molar-refractivity contribution in [3.8, 4) is 0 Å². The van der Waals surface area contributed by atoms with Gasteiger partial charge in [0.25, 0.3) is 0 Å². The monoisotopic (exact) mass is 404 g/mol. The molecular weight excluding hydrogens is 373 g/mol. The normalized spacial score (nSPS) is 15.2. The van der Waals surface area contributed by atoms with Crippen molar-refractivity contribution in [3.05, 3.63) is 12.7 Å². The number of alkyl halides is 3. The van der Waals surface area contributed by atoms with E-state index >= 15 is 0 Å². The van der Waals surface area contributed by atoms with Crippen LogP contribution in [0.5, 0.6) is 0 Å². The summed E-state index contributed by atoms with van der Waals surface area (Å²) in [5.74, 6) is 1.06. The third-order valence-electron chi connectivity index (χ3n) is 3.67. The van der Waals surface area contributed by atoms with Crippen molar-refractivity contribution in [1.29, 1.82) is 0 Å². The first-order valence-electron chi connectivity index (χ1n) is 8.75. The first-order chi connectivity index (χ1) is 12.0. The van der Waals surface area contributed by atoms with Gasteiger partial charge < -0.3 is 9.47 Å². The summed E-state index contributed by atoms with van der Waals surface area (Å²) in [5.41, 5.74) is -5.45. The summed E-state index contributed by atoms with van der Waals surface area (Å²) in [7, 11) is -5.64. The van der Waals surface area contributed by atoms with Crippen LogP contribution in [0.25, 0.3) is 0 Å². The fourth-order valence-corrected chi connectivity index (χ4v) is 2.58. The maximum Gasteiger partial charge on any atom is 0.523 e. The second-order valence-electron chi connectivity index (χ2n) is 6.72. The van der Waals surface area contributed by atoms with E-state index in [1.165, 1.54) is 6.08 Å². The van der Waals surface area contributed by atoms with E-state index in [1.807, 2.05) is 0 Å². The summed E-state index contributed by atoms with van der Waals surface area (Å²) in [6.45, 7) is 9.51. The molecule has 0 heterocycles. The molecule has 26 heavy (non-hydrogen) atoms. The van der Waals surface area contributed by atoms with Crippen LogP contribution in [0.15, 0.2) is 12.7 Å². The van der Waals surface area contributed by atoms with Crippen LogP contribution in [0.2, 0.25) is 0 Å². The molecule has 0 aliphatic rings. The van der Waals surface area contributed by atoms with Crippen molar-refractivity contribution < 1.29 is 35.2 Å². The number of hydrogen-bond donors (Lipinski definition) is 0. The molecule has 0 aliphatic heterocycles. The molecule has 0 saturated heterocycles. The smallest absolute Gasteiger partial charge is 0.375 e. The molecule has 9 heteroatoms.